The van der Waals surface area contributed by atoms with E-state index in [0.29, 0.717) is 5.92 Å². The predicted octanol–water partition coefficient (Wildman–Crippen LogP) is 4.62. The van der Waals surface area contributed by atoms with Gasteiger partial charge in [0.25, 0.3) is 0 Å². The summed E-state index contributed by atoms with van der Waals surface area (Å²) in [4.78, 5) is 13.0. The fourth-order valence-corrected chi connectivity index (χ4v) is 4.39. The van der Waals surface area contributed by atoms with Crippen molar-refractivity contribution in [1.82, 2.24) is 0 Å². The van der Waals surface area contributed by atoms with Crippen molar-refractivity contribution < 1.29 is 4.79 Å². The Bertz CT molecular complexity index is 608. The minimum absolute atomic E-state index is 0.0936. The van der Waals surface area contributed by atoms with Crippen molar-refractivity contribution in [3.8, 4) is 0 Å². The van der Waals surface area contributed by atoms with Crippen LogP contribution >= 0.6 is 0 Å². The lowest BCUT2D eigenvalue weighted by Gasteiger charge is -2.37. The van der Waals surface area contributed by atoms with Gasteiger partial charge in [-0.1, -0.05) is 44.2 Å². The van der Waals surface area contributed by atoms with Gasteiger partial charge in [-0.3, -0.25) is 4.79 Å². The van der Waals surface area contributed by atoms with Gasteiger partial charge in [-0.25, -0.2) is 0 Å². The van der Waals surface area contributed by atoms with Crippen LogP contribution in [0.5, 0.6) is 0 Å². The highest BCUT2D eigenvalue weighted by molar-refractivity contribution is 5.99. The number of anilines is 1. The Balaban J connectivity index is 1.92. The molecule has 0 unspecified atom stereocenters. The van der Waals surface area contributed by atoms with Crippen molar-refractivity contribution >= 4 is 11.6 Å². The molecule has 0 radical (unpaired) electrons. The fourth-order valence-electron chi connectivity index (χ4n) is 4.39. The molecule has 1 aromatic carbocycles. The standard InChI is InChI=1S/C19H25NO/c1-12-7-6-8-13(2)16(12)20-17(21)19-10-9-15(11-19)18(4,5)14(19)3/h6-8,15H,3,9-11H2,1-2,4-5H3,(H,20,21)/t15-,19-/m0/s1. The molecule has 0 aromatic heterocycles. The molecule has 0 heterocycles. The van der Waals surface area contributed by atoms with E-state index < -0.39 is 0 Å². The minimum atomic E-state index is -0.344. The summed E-state index contributed by atoms with van der Waals surface area (Å²) >= 11 is 0. The molecule has 21 heavy (non-hydrogen) atoms. The van der Waals surface area contributed by atoms with Crippen molar-refractivity contribution in [3.63, 3.8) is 0 Å². The number of hydrogen-bond donors (Lipinski definition) is 1. The molecular formula is C19H25NO. The van der Waals surface area contributed by atoms with Crippen LogP contribution in [0.15, 0.2) is 30.4 Å². The number of nitrogens with one attached hydrogen (secondary N) is 1. The number of fused-ring (bicyclic) bond motifs is 2. The van der Waals surface area contributed by atoms with Gasteiger partial charge >= 0.3 is 0 Å². The SMILES string of the molecule is C=C1C(C)(C)[C@H]2CC[C@]1(C(=O)Nc1c(C)cccc1C)C2. The smallest absolute Gasteiger partial charge is 0.234 e. The van der Waals surface area contributed by atoms with E-state index in [2.05, 4.69) is 25.7 Å². The summed E-state index contributed by atoms with van der Waals surface area (Å²) in [5.41, 5.74) is 4.10. The molecule has 0 spiro atoms. The average molecular weight is 283 g/mol. The van der Waals surface area contributed by atoms with Gasteiger partial charge in [0.1, 0.15) is 0 Å². The summed E-state index contributed by atoms with van der Waals surface area (Å²) in [7, 11) is 0. The quantitative estimate of drug-likeness (QED) is 0.788. The summed E-state index contributed by atoms with van der Waals surface area (Å²) in [6, 6.07) is 6.12. The number of hydrogen-bond acceptors (Lipinski definition) is 1. The lowest BCUT2D eigenvalue weighted by atomic mass is 9.68. The summed E-state index contributed by atoms with van der Waals surface area (Å²) in [5, 5.41) is 3.21. The number of aryl methyl sites for hydroxylation is 2. The number of carbonyl (C=O) groups excluding carboxylic acids is 1. The van der Waals surface area contributed by atoms with Gasteiger partial charge in [-0.15, -0.1) is 0 Å². The molecule has 2 aliphatic rings. The molecule has 1 amide bonds. The maximum absolute atomic E-state index is 13.0. The molecular weight excluding hydrogens is 258 g/mol. The minimum Gasteiger partial charge on any atom is -0.325 e. The third kappa shape index (κ3) is 1.88. The Labute approximate surface area is 127 Å². The van der Waals surface area contributed by atoms with E-state index in [4.69, 9.17) is 0 Å². The molecule has 2 atom stereocenters. The lowest BCUT2D eigenvalue weighted by molar-refractivity contribution is -0.123. The molecule has 1 N–H and O–H groups in total. The van der Waals surface area contributed by atoms with Gasteiger partial charge < -0.3 is 5.32 Å². The van der Waals surface area contributed by atoms with E-state index in [1.54, 1.807) is 0 Å². The fraction of sp³-hybridized carbons (Fsp3) is 0.526. The summed E-state index contributed by atoms with van der Waals surface area (Å²) in [6.07, 6.45) is 3.07. The number of amides is 1. The number of carbonyl (C=O) groups is 1. The van der Waals surface area contributed by atoms with Gasteiger partial charge in [-0.2, -0.15) is 0 Å². The van der Waals surface area contributed by atoms with Crippen molar-refractivity contribution in [3.05, 3.63) is 41.5 Å². The van der Waals surface area contributed by atoms with Crippen LogP contribution in [-0.4, -0.2) is 5.91 Å². The van der Waals surface area contributed by atoms with Crippen LogP contribution in [0.3, 0.4) is 0 Å². The highest BCUT2D eigenvalue weighted by Gasteiger charge is 2.60. The second-order valence-corrected chi connectivity index (χ2v) is 7.44. The van der Waals surface area contributed by atoms with Crippen LogP contribution in [0.2, 0.25) is 0 Å². The first kappa shape index (κ1) is 14.4. The molecule has 2 aliphatic carbocycles. The highest BCUT2D eigenvalue weighted by atomic mass is 16.2. The molecule has 1 aromatic rings. The zero-order valence-electron chi connectivity index (χ0n) is 13.5. The van der Waals surface area contributed by atoms with Crippen LogP contribution in [-0.2, 0) is 4.79 Å². The number of benzene rings is 1. The van der Waals surface area contributed by atoms with Crippen molar-refractivity contribution in [2.45, 2.75) is 47.0 Å². The second-order valence-electron chi connectivity index (χ2n) is 7.44. The summed E-state index contributed by atoms with van der Waals surface area (Å²) < 4.78 is 0. The first-order valence-electron chi connectivity index (χ1n) is 7.86. The molecule has 2 fully saturated rings. The van der Waals surface area contributed by atoms with Crippen LogP contribution in [0, 0.1) is 30.6 Å². The first-order valence-corrected chi connectivity index (χ1v) is 7.86. The molecule has 112 valence electrons. The second kappa shape index (κ2) is 4.46. The largest absolute Gasteiger partial charge is 0.325 e. The van der Waals surface area contributed by atoms with Gasteiger partial charge in [-0.05, 0) is 55.6 Å². The topological polar surface area (TPSA) is 29.1 Å². The zero-order valence-corrected chi connectivity index (χ0v) is 13.5. The Morgan fingerprint density at radius 2 is 1.90 bits per heavy atom. The highest BCUT2D eigenvalue weighted by Crippen LogP contribution is 2.65. The maximum atomic E-state index is 13.0. The molecule has 2 nitrogen and oxygen atoms in total. The van der Waals surface area contributed by atoms with E-state index in [1.165, 1.54) is 0 Å². The van der Waals surface area contributed by atoms with Crippen molar-refractivity contribution in [2.75, 3.05) is 5.32 Å². The third-order valence-electron chi connectivity index (χ3n) is 6.04. The Morgan fingerprint density at radius 1 is 1.29 bits per heavy atom. The number of para-hydroxylation sites is 1. The normalized spacial score (nSPS) is 29.7. The Morgan fingerprint density at radius 3 is 2.43 bits per heavy atom. The molecule has 2 bridgehead atoms. The van der Waals surface area contributed by atoms with E-state index in [-0.39, 0.29) is 16.7 Å². The molecule has 2 heteroatoms. The van der Waals surface area contributed by atoms with Crippen molar-refractivity contribution in [2.24, 2.45) is 16.7 Å². The van der Waals surface area contributed by atoms with Crippen molar-refractivity contribution in [1.29, 1.82) is 0 Å². The number of rotatable bonds is 2. The van der Waals surface area contributed by atoms with E-state index in [9.17, 15) is 4.79 Å². The van der Waals surface area contributed by atoms with Crippen LogP contribution < -0.4 is 5.32 Å². The van der Waals surface area contributed by atoms with Gasteiger partial charge in [0, 0.05) is 5.69 Å². The van der Waals surface area contributed by atoms with Gasteiger partial charge in [0.15, 0.2) is 0 Å². The zero-order chi connectivity index (χ0) is 15.4. The Hall–Kier alpha value is -1.57. The predicted molar refractivity (Wildman–Crippen MR) is 87.2 cm³/mol. The monoisotopic (exact) mass is 283 g/mol. The van der Waals surface area contributed by atoms with Crippen LogP contribution in [0.25, 0.3) is 0 Å². The molecule has 0 saturated heterocycles. The summed E-state index contributed by atoms with van der Waals surface area (Å²) in [6.45, 7) is 12.9. The van der Waals surface area contributed by atoms with Gasteiger partial charge in [0.2, 0.25) is 5.91 Å². The maximum Gasteiger partial charge on any atom is 0.234 e. The van der Waals surface area contributed by atoms with Gasteiger partial charge in [0.05, 0.1) is 5.41 Å². The first-order chi connectivity index (χ1) is 9.79. The lowest BCUT2D eigenvalue weighted by Crippen LogP contribution is -2.37. The van der Waals surface area contributed by atoms with E-state index in [0.717, 1.165) is 41.6 Å². The van der Waals surface area contributed by atoms with Crippen LogP contribution in [0.4, 0.5) is 5.69 Å². The van der Waals surface area contributed by atoms with E-state index in [1.807, 2.05) is 32.0 Å². The van der Waals surface area contributed by atoms with E-state index >= 15 is 0 Å². The summed E-state index contributed by atoms with van der Waals surface area (Å²) in [5.74, 6) is 0.756. The Kier molecular flexibility index (Phi) is 3.05. The average Bonchev–Trinajstić information content (AvgIpc) is 2.94. The van der Waals surface area contributed by atoms with Crippen LogP contribution in [0.1, 0.15) is 44.2 Å². The third-order valence-corrected chi connectivity index (χ3v) is 6.04. The molecule has 0 aliphatic heterocycles. The molecule has 2 saturated carbocycles. The molecule has 3 rings (SSSR count).